The molecular weight excluding hydrogens is 330 g/mol. The van der Waals surface area contributed by atoms with Crippen molar-refractivity contribution in [3.8, 4) is 5.75 Å². The molecule has 2 aliphatic rings. The van der Waals surface area contributed by atoms with Crippen molar-refractivity contribution >= 4 is 17.5 Å². The Hall–Kier alpha value is -1.30. The van der Waals surface area contributed by atoms with Crippen LogP contribution in [0.15, 0.2) is 18.2 Å². The maximum absolute atomic E-state index is 12.7. The molecular formula is C18H24ClNO4. The second-order valence-corrected chi connectivity index (χ2v) is 7.56. The van der Waals surface area contributed by atoms with Crippen molar-refractivity contribution in [1.82, 2.24) is 4.90 Å². The highest BCUT2D eigenvalue weighted by molar-refractivity contribution is 6.31. The van der Waals surface area contributed by atoms with Crippen LogP contribution in [0.5, 0.6) is 5.75 Å². The van der Waals surface area contributed by atoms with E-state index in [1.54, 1.807) is 25.3 Å². The molecule has 0 aliphatic carbocycles. The summed E-state index contributed by atoms with van der Waals surface area (Å²) < 4.78 is 11.2. The molecule has 2 aliphatic heterocycles. The number of benzene rings is 1. The molecule has 2 fully saturated rings. The monoisotopic (exact) mass is 353 g/mol. The number of hydrogen-bond acceptors (Lipinski definition) is 4. The van der Waals surface area contributed by atoms with Gasteiger partial charge in [-0.2, -0.15) is 0 Å². The first-order chi connectivity index (χ1) is 11.3. The summed E-state index contributed by atoms with van der Waals surface area (Å²) in [4.78, 5) is 14.6. The first-order valence-corrected chi connectivity index (χ1v) is 8.71. The van der Waals surface area contributed by atoms with Crippen LogP contribution in [-0.4, -0.2) is 53.9 Å². The number of methoxy groups -OCH3 is 1. The molecule has 1 aromatic rings. The molecule has 0 bridgehead atoms. The number of ether oxygens (including phenoxy) is 2. The molecule has 0 radical (unpaired) electrons. The number of likely N-dealkylation sites (tertiary alicyclic amines) is 1. The molecule has 0 saturated carbocycles. The number of nitrogens with zero attached hydrogens (tertiary/aromatic N) is 1. The molecule has 3 rings (SSSR count). The van der Waals surface area contributed by atoms with Crippen LogP contribution >= 0.6 is 11.6 Å². The largest absolute Gasteiger partial charge is 0.497 e. The molecule has 1 atom stereocenters. The Morgan fingerprint density at radius 1 is 1.29 bits per heavy atom. The summed E-state index contributed by atoms with van der Waals surface area (Å²) in [5.41, 5.74) is -0.443. The lowest BCUT2D eigenvalue weighted by atomic mass is 9.78. The molecule has 6 heteroatoms. The first-order valence-electron chi connectivity index (χ1n) is 8.33. The highest BCUT2D eigenvalue weighted by Gasteiger charge is 2.44. The second-order valence-electron chi connectivity index (χ2n) is 7.13. The lowest BCUT2D eigenvalue weighted by molar-refractivity contribution is -0.170. The standard InChI is InChI=1S/C18H24ClNO4/c1-17(22)5-8-24-18(12-17)3-6-20(7-4-18)16(21)13-9-14(19)11-15(10-13)23-2/h9-11,22H,3-8,12H2,1-2H3. The fraction of sp³-hybridized carbons (Fsp3) is 0.611. The van der Waals surface area contributed by atoms with Crippen molar-refractivity contribution in [2.24, 2.45) is 0 Å². The Kier molecular flexibility index (Phi) is 4.78. The summed E-state index contributed by atoms with van der Waals surface area (Å²) in [7, 11) is 1.55. The highest BCUT2D eigenvalue weighted by Crippen LogP contribution is 2.39. The number of piperidine rings is 1. The predicted octanol–water partition coefficient (Wildman–Crippen LogP) is 2.88. The topological polar surface area (TPSA) is 59.0 Å². The summed E-state index contributed by atoms with van der Waals surface area (Å²) in [6.07, 6.45) is 2.78. The number of carbonyl (C=O) groups excluding carboxylic acids is 1. The first kappa shape index (κ1) is 17.5. The van der Waals surface area contributed by atoms with E-state index in [1.165, 1.54) is 0 Å². The molecule has 1 unspecified atom stereocenters. The molecule has 1 spiro atoms. The van der Waals surface area contributed by atoms with E-state index < -0.39 is 5.60 Å². The number of rotatable bonds is 2. The van der Waals surface area contributed by atoms with Crippen LogP contribution in [0, 0.1) is 0 Å². The van der Waals surface area contributed by atoms with E-state index in [0.717, 1.165) is 12.8 Å². The quantitative estimate of drug-likeness (QED) is 0.888. The number of hydrogen-bond donors (Lipinski definition) is 1. The van der Waals surface area contributed by atoms with E-state index >= 15 is 0 Å². The average molecular weight is 354 g/mol. The summed E-state index contributed by atoms with van der Waals surface area (Å²) in [5, 5.41) is 10.8. The number of amides is 1. The predicted molar refractivity (Wildman–Crippen MR) is 91.7 cm³/mol. The zero-order valence-corrected chi connectivity index (χ0v) is 14.9. The van der Waals surface area contributed by atoms with E-state index in [4.69, 9.17) is 21.1 Å². The minimum Gasteiger partial charge on any atom is -0.497 e. The van der Waals surface area contributed by atoms with E-state index in [9.17, 15) is 9.90 Å². The maximum Gasteiger partial charge on any atom is 0.254 e. The van der Waals surface area contributed by atoms with Crippen LogP contribution in [0.2, 0.25) is 5.02 Å². The maximum atomic E-state index is 12.7. The van der Waals surface area contributed by atoms with Gasteiger partial charge in [0.05, 0.1) is 24.9 Å². The van der Waals surface area contributed by atoms with Crippen LogP contribution in [0.3, 0.4) is 0 Å². The summed E-state index contributed by atoms with van der Waals surface area (Å²) >= 11 is 6.06. The smallest absolute Gasteiger partial charge is 0.254 e. The minimum atomic E-state index is -0.676. The normalized spacial score (nSPS) is 26.4. The van der Waals surface area contributed by atoms with Crippen molar-refractivity contribution < 1.29 is 19.4 Å². The number of halogens is 1. The number of carbonyl (C=O) groups is 1. The van der Waals surface area contributed by atoms with Crippen LogP contribution < -0.4 is 4.74 Å². The van der Waals surface area contributed by atoms with Gasteiger partial charge in [0.2, 0.25) is 0 Å². The van der Waals surface area contributed by atoms with Gasteiger partial charge in [-0.25, -0.2) is 0 Å². The Bertz CT molecular complexity index is 623. The van der Waals surface area contributed by atoms with Crippen molar-refractivity contribution in [1.29, 1.82) is 0 Å². The Morgan fingerprint density at radius 3 is 2.62 bits per heavy atom. The van der Waals surface area contributed by atoms with E-state index in [-0.39, 0.29) is 11.5 Å². The summed E-state index contributed by atoms with van der Waals surface area (Å²) in [6, 6.07) is 5.06. The lowest BCUT2D eigenvalue weighted by Gasteiger charge is -2.48. The molecule has 0 aromatic heterocycles. The van der Waals surface area contributed by atoms with Crippen LogP contribution in [0.25, 0.3) is 0 Å². The van der Waals surface area contributed by atoms with Gasteiger partial charge in [0.15, 0.2) is 0 Å². The summed E-state index contributed by atoms with van der Waals surface area (Å²) in [5.74, 6) is 0.527. The van der Waals surface area contributed by atoms with Crippen molar-refractivity contribution in [2.75, 3.05) is 26.8 Å². The zero-order valence-electron chi connectivity index (χ0n) is 14.2. The molecule has 1 aromatic carbocycles. The van der Waals surface area contributed by atoms with Crippen molar-refractivity contribution in [3.05, 3.63) is 28.8 Å². The molecule has 2 saturated heterocycles. The van der Waals surface area contributed by atoms with E-state index in [0.29, 0.717) is 48.9 Å². The Morgan fingerprint density at radius 2 is 2.00 bits per heavy atom. The fourth-order valence-corrected chi connectivity index (χ4v) is 3.97. The van der Waals surface area contributed by atoms with Crippen LogP contribution in [-0.2, 0) is 4.74 Å². The Labute approximate surface area is 147 Å². The third-order valence-electron chi connectivity index (χ3n) is 5.07. The molecule has 2 heterocycles. The Balaban J connectivity index is 1.68. The molecule has 5 nitrogen and oxygen atoms in total. The van der Waals surface area contributed by atoms with Crippen molar-refractivity contribution in [2.45, 2.75) is 43.8 Å². The molecule has 24 heavy (non-hydrogen) atoms. The average Bonchev–Trinajstić information content (AvgIpc) is 2.53. The molecule has 1 N–H and O–H groups in total. The van der Waals surface area contributed by atoms with Crippen LogP contribution in [0.4, 0.5) is 0 Å². The van der Waals surface area contributed by atoms with E-state index in [1.807, 2.05) is 11.8 Å². The molecule has 1 amide bonds. The minimum absolute atomic E-state index is 0.0479. The van der Waals surface area contributed by atoms with Gasteiger partial charge in [0.25, 0.3) is 5.91 Å². The zero-order chi connectivity index (χ0) is 17.4. The van der Waals surface area contributed by atoms with E-state index in [2.05, 4.69) is 0 Å². The van der Waals surface area contributed by atoms with Crippen LogP contribution in [0.1, 0.15) is 43.0 Å². The van der Waals surface area contributed by atoms with Gasteiger partial charge in [-0.15, -0.1) is 0 Å². The number of aliphatic hydroxyl groups is 1. The van der Waals surface area contributed by atoms with Gasteiger partial charge in [0, 0.05) is 30.1 Å². The van der Waals surface area contributed by atoms with Gasteiger partial charge in [-0.1, -0.05) is 11.6 Å². The van der Waals surface area contributed by atoms with Gasteiger partial charge in [0.1, 0.15) is 5.75 Å². The van der Waals surface area contributed by atoms with Crippen molar-refractivity contribution in [3.63, 3.8) is 0 Å². The third kappa shape index (κ3) is 3.68. The molecule has 132 valence electrons. The van der Waals surface area contributed by atoms with Gasteiger partial charge < -0.3 is 19.5 Å². The highest BCUT2D eigenvalue weighted by atomic mass is 35.5. The lowest BCUT2D eigenvalue weighted by Crippen LogP contribution is -2.54. The fourth-order valence-electron chi connectivity index (χ4n) is 3.75. The van der Waals surface area contributed by atoms with Gasteiger partial charge >= 0.3 is 0 Å². The SMILES string of the molecule is COc1cc(Cl)cc(C(=O)N2CCC3(CC2)CC(C)(O)CCO3)c1. The van der Waals surface area contributed by atoms with Gasteiger partial charge in [-0.3, -0.25) is 4.79 Å². The third-order valence-corrected chi connectivity index (χ3v) is 5.29. The summed E-state index contributed by atoms with van der Waals surface area (Å²) in [6.45, 7) is 3.67. The van der Waals surface area contributed by atoms with Gasteiger partial charge in [-0.05, 0) is 44.4 Å². The second kappa shape index (κ2) is 6.54.